The number of esters is 5. The maximum atomic E-state index is 13.6. The van der Waals surface area contributed by atoms with E-state index in [0.29, 0.717) is 5.56 Å². The lowest BCUT2D eigenvalue weighted by Gasteiger charge is -2.70. The van der Waals surface area contributed by atoms with Crippen molar-refractivity contribution in [1.29, 1.82) is 0 Å². The third-order valence-corrected chi connectivity index (χ3v) is 11.4. The van der Waals surface area contributed by atoms with E-state index in [0.717, 1.165) is 0 Å². The summed E-state index contributed by atoms with van der Waals surface area (Å²) in [6, 6.07) is 1.68. The van der Waals surface area contributed by atoms with Crippen molar-refractivity contribution in [2.45, 2.75) is 116 Å². The summed E-state index contributed by atoms with van der Waals surface area (Å²) in [5.41, 5.74) is -6.06. The number of cyclic esters (lactones) is 1. The Morgan fingerprint density at radius 1 is 1.04 bits per heavy atom. The molecular weight excluding hydrogens is 604 g/mol. The highest BCUT2D eigenvalue weighted by Crippen LogP contribution is 2.80. The average molecular weight is 649 g/mol. The number of hydrogen-bond donors (Lipinski definition) is 1. The molecule has 0 amide bonds. The maximum Gasteiger partial charge on any atom is 0.339 e. The van der Waals surface area contributed by atoms with Crippen LogP contribution in [-0.2, 0) is 52.4 Å². The number of furan rings is 1. The Labute approximate surface area is 267 Å². The van der Waals surface area contributed by atoms with Gasteiger partial charge in [0, 0.05) is 48.5 Å². The van der Waals surface area contributed by atoms with Crippen molar-refractivity contribution in [2.75, 3.05) is 7.11 Å². The largest absolute Gasteiger partial charge is 0.472 e. The molecule has 4 aliphatic rings. The van der Waals surface area contributed by atoms with Gasteiger partial charge in [0.2, 0.25) is 0 Å². The van der Waals surface area contributed by atoms with E-state index in [-0.39, 0.29) is 19.3 Å². The van der Waals surface area contributed by atoms with Gasteiger partial charge in [-0.25, -0.2) is 4.79 Å². The zero-order valence-electron chi connectivity index (χ0n) is 27.7. The number of methoxy groups -OCH3 is 1. The number of epoxide rings is 1. The monoisotopic (exact) mass is 648 g/mol. The first kappa shape index (κ1) is 33.9. The summed E-state index contributed by atoms with van der Waals surface area (Å²) in [4.78, 5) is 64.9. The number of aliphatic hydroxyl groups is 1. The Morgan fingerprint density at radius 3 is 2.22 bits per heavy atom. The normalized spacial score (nSPS) is 40.2. The van der Waals surface area contributed by atoms with Gasteiger partial charge < -0.3 is 37.9 Å². The van der Waals surface area contributed by atoms with Gasteiger partial charge in [-0.3, -0.25) is 19.2 Å². The minimum atomic E-state index is -1.50. The molecule has 3 heterocycles. The average Bonchev–Trinajstić information content (AvgIpc) is 3.50. The second kappa shape index (κ2) is 11.1. The highest BCUT2D eigenvalue weighted by molar-refractivity contribution is 5.82. The Hall–Kier alpha value is -3.45. The highest BCUT2D eigenvalue weighted by atomic mass is 16.7. The van der Waals surface area contributed by atoms with Crippen molar-refractivity contribution in [3.8, 4) is 0 Å². The SMILES string of the molecule is COC(=O)C[C@H](OC(C)=O)[C@]1(C)[C@H]2[C@@H](OC(C)=O)C[C@@]3(C)[C@H](c4ccoc4)OC(=O)[C@H]4O[C@]43[C@]2(C)[C@H](OC(C)=O)C[C@H]1C(C)(C)O. The number of fused-ring (bicyclic) bond motifs is 1. The second-order valence-electron chi connectivity index (χ2n) is 14.4. The molecule has 5 rings (SSSR count). The molecule has 13 nitrogen and oxygen atoms in total. The fourth-order valence-corrected chi connectivity index (χ4v) is 10.0. The molecule has 1 aromatic heterocycles. The van der Waals surface area contributed by atoms with E-state index >= 15 is 0 Å². The zero-order valence-corrected chi connectivity index (χ0v) is 27.7. The van der Waals surface area contributed by atoms with Gasteiger partial charge in [-0.15, -0.1) is 0 Å². The Kier molecular flexibility index (Phi) is 8.16. The first-order valence-electron chi connectivity index (χ1n) is 15.5. The van der Waals surface area contributed by atoms with Crippen molar-refractivity contribution in [1.82, 2.24) is 0 Å². The van der Waals surface area contributed by atoms with Gasteiger partial charge in [-0.05, 0) is 38.7 Å². The van der Waals surface area contributed by atoms with E-state index in [1.54, 1.807) is 26.8 Å². The van der Waals surface area contributed by atoms with E-state index in [2.05, 4.69) is 0 Å². The number of carbonyl (C=O) groups is 5. The van der Waals surface area contributed by atoms with E-state index in [4.69, 9.17) is 32.8 Å². The molecule has 1 aromatic rings. The van der Waals surface area contributed by atoms with Crippen LogP contribution < -0.4 is 0 Å². The third kappa shape index (κ3) is 4.75. The summed E-state index contributed by atoms with van der Waals surface area (Å²) in [5, 5.41) is 11.8. The summed E-state index contributed by atoms with van der Waals surface area (Å²) in [5.74, 6) is -4.92. The standard InChI is InChI=1S/C33H44O13/c1-16(34)42-20-14-30(6)26(19-10-11-41-15-19)45-28(38)27-33(30,46-27)32(8)23(44-18(3)36)12-21(29(4,5)39)31(7,25(20)32)22(43-17(2)35)13-24(37)40-9/h10-11,15,20-23,25-27,39H,12-14H2,1-9H3/t20-,21-,22-,23+,25+,26-,27+,30-,31+,32+,33+/m0/s1. The van der Waals surface area contributed by atoms with Crippen LogP contribution in [0.25, 0.3) is 0 Å². The lowest BCUT2D eigenvalue weighted by molar-refractivity contribution is -0.307. The van der Waals surface area contributed by atoms with Crippen LogP contribution in [0.5, 0.6) is 0 Å². The van der Waals surface area contributed by atoms with Crippen LogP contribution in [0.15, 0.2) is 23.0 Å². The van der Waals surface area contributed by atoms with E-state index in [9.17, 15) is 29.1 Å². The number of rotatable bonds is 8. The van der Waals surface area contributed by atoms with Crippen LogP contribution >= 0.6 is 0 Å². The predicted octanol–water partition coefficient (Wildman–Crippen LogP) is 3.20. The fourth-order valence-electron chi connectivity index (χ4n) is 10.0. The van der Waals surface area contributed by atoms with Gasteiger partial charge in [0.1, 0.15) is 30.0 Å². The van der Waals surface area contributed by atoms with Crippen molar-refractivity contribution in [3.63, 3.8) is 0 Å². The van der Waals surface area contributed by atoms with E-state index < -0.39 is 99.6 Å². The molecule has 1 N–H and O–H groups in total. The topological polar surface area (TPSA) is 177 Å². The summed E-state index contributed by atoms with van der Waals surface area (Å²) >= 11 is 0. The number of carbonyl (C=O) groups excluding carboxylic acids is 5. The molecule has 0 aromatic carbocycles. The lowest BCUT2D eigenvalue weighted by Crippen LogP contribution is -2.77. The molecule has 13 heteroatoms. The maximum absolute atomic E-state index is 13.6. The van der Waals surface area contributed by atoms with Crippen LogP contribution in [0, 0.1) is 28.1 Å². The molecule has 0 unspecified atom stereocenters. The molecule has 254 valence electrons. The van der Waals surface area contributed by atoms with Gasteiger partial charge in [0.15, 0.2) is 6.10 Å². The van der Waals surface area contributed by atoms with Gasteiger partial charge in [0.05, 0.1) is 31.7 Å². The second-order valence-corrected chi connectivity index (χ2v) is 14.4. The van der Waals surface area contributed by atoms with E-state index in [1.807, 2.05) is 13.8 Å². The molecule has 2 aliphatic heterocycles. The Morgan fingerprint density at radius 2 is 1.70 bits per heavy atom. The van der Waals surface area contributed by atoms with Gasteiger partial charge in [-0.1, -0.05) is 20.8 Å². The van der Waals surface area contributed by atoms with Gasteiger partial charge in [0.25, 0.3) is 0 Å². The van der Waals surface area contributed by atoms with Crippen molar-refractivity contribution >= 4 is 29.8 Å². The van der Waals surface area contributed by atoms with E-state index in [1.165, 1.54) is 40.4 Å². The van der Waals surface area contributed by atoms with Crippen LogP contribution in [0.1, 0.15) is 86.3 Å². The minimum absolute atomic E-state index is 0.0254. The molecule has 4 fully saturated rings. The molecule has 0 radical (unpaired) electrons. The first-order chi connectivity index (χ1) is 21.3. The smallest absolute Gasteiger partial charge is 0.339 e. The third-order valence-electron chi connectivity index (χ3n) is 11.4. The molecular formula is C33H44O13. The molecule has 46 heavy (non-hydrogen) atoms. The molecule has 0 bridgehead atoms. The Bertz CT molecular complexity index is 1410. The molecule has 2 saturated heterocycles. The van der Waals surface area contributed by atoms with Gasteiger partial charge >= 0.3 is 29.8 Å². The quantitative estimate of drug-likeness (QED) is 0.247. The lowest BCUT2D eigenvalue weighted by atomic mass is 9.35. The predicted molar refractivity (Wildman–Crippen MR) is 155 cm³/mol. The molecule has 2 aliphatic carbocycles. The first-order valence-corrected chi connectivity index (χ1v) is 15.5. The number of ether oxygens (including phenoxy) is 6. The summed E-state index contributed by atoms with van der Waals surface area (Å²) in [7, 11) is 1.21. The molecule has 2 saturated carbocycles. The summed E-state index contributed by atoms with van der Waals surface area (Å²) in [6.07, 6.45) is -2.48. The summed E-state index contributed by atoms with van der Waals surface area (Å²) in [6.45, 7) is 12.4. The molecule has 11 atom stereocenters. The highest BCUT2D eigenvalue weighted by Gasteiger charge is 2.90. The molecule has 1 spiro atoms. The summed E-state index contributed by atoms with van der Waals surface area (Å²) < 4.78 is 41.1. The zero-order chi connectivity index (χ0) is 34.2. The minimum Gasteiger partial charge on any atom is -0.472 e. The van der Waals surface area contributed by atoms with Crippen LogP contribution in [0.3, 0.4) is 0 Å². The van der Waals surface area contributed by atoms with Crippen LogP contribution in [0.2, 0.25) is 0 Å². The van der Waals surface area contributed by atoms with Crippen molar-refractivity contribution < 1.29 is 61.9 Å². The van der Waals surface area contributed by atoms with Crippen molar-refractivity contribution in [2.24, 2.45) is 28.1 Å². The Balaban J connectivity index is 1.84. The van der Waals surface area contributed by atoms with Crippen LogP contribution in [0.4, 0.5) is 0 Å². The fraction of sp³-hybridized carbons (Fsp3) is 0.727. The van der Waals surface area contributed by atoms with Crippen LogP contribution in [-0.4, -0.2) is 77.7 Å². The van der Waals surface area contributed by atoms with Gasteiger partial charge in [-0.2, -0.15) is 0 Å². The van der Waals surface area contributed by atoms with Crippen molar-refractivity contribution in [3.05, 3.63) is 24.2 Å². The number of hydrogen-bond acceptors (Lipinski definition) is 13.